The Morgan fingerprint density at radius 2 is 1.93 bits per heavy atom. The second kappa shape index (κ2) is 7.84. The van der Waals surface area contributed by atoms with Gasteiger partial charge in [-0.3, -0.25) is 9.88 Å². The minimum atomic E-state index is -0.403. The Morgan fingerprint density at radius 1 is 1.15 bits per heavy atom. The molecule has 0 unspecified atom stereocenters. The van der Waals surface area contributed by atoms with Gasteiger partial charge in [-0.1, -0.05) is 12.1 Å². The van der Waals surface area contributed by atoms with Crippen molar-refractivity contribution in [1.82, 2.24) is 24.4 Å². The first-order valence-electron chi connectivity index (χ1n) is 9.11. The molecule has 6 nitrogen and oxygen atoms in total. The van der Waals surface area contributed by atoms with Crippen LogP contribution in [0.25, 0.3) is 0 Å². The van der Waals surface area contributed by atoms with Crippen LogP contribution in [0.2, 0.25) is 0 Å². The lowest BCUT2D eigenvalue weighted by atomic mass is 9.93. The van der Waals surface area contributed by atoms with E-state index in [1.54, 1.807) is 30.6 Å². The van der Waals surface area contributed by atoms with Crippen molar-refractivity contribution in [3.8, 4) is 11.6 Å². The third-order valence-corrected chi connectivity index (χ3v) is 5.01. The Bertz CT molecular complexity index is 905. The van der Waals surface area contributed by atoms with Crippen molar-refractivity contribution in [2.45, 2.75) is 25.3 Å². The van der Waals surface area contributed by atoms with Gasteiger partial charge in [0.1, 0.15) is 5.69 Å². The molecule has 0 bridgehead atoms. The predicted molar refractivity (Wildman–Crippen MR) is 99.0 cm³/mol. The van der Waals surface area contributed by atoms with Gasteiger partial charge in [-0.05, 0) is 38.1 Å². The molecule has 0 saturated carbocycles. The number of aromatic nitrogens is 4. The van der Waals surface area contributed by atoms with Gasteiger partial charge in [0, 0.05) is 38.1 Å². The summed E-state index contributed by atoms with van der Waals surface area (Å²) >= 11 is 0. The van der Waals surface area contributed by atoms with Crippen LogP contribution in [-0.2, 0) is 13.6 Å². The van der Waals surface area contributed by atoms with Gasteiger partial charge >= 0.3 is 0 Å². The zero-order chi connectivity index (χ0) is 18.6. The Hall–Kier alpha value is -2.80. The third-order valence-electron chi connectivity index (χ3n) is 5.01. The van der Waals surface area contributed by atoms with Crippen LogP contribution in [0.4, 0.5) is 4.39 Å². The van der Waals surface area contributed by atoms with E-state index < -0.39 is 5.82 Å². The normalized spacial score (nSPS) is 15.8. The highest BCUT2D eigenvalue weighted by Crippen LogP contribution is 2.34. The molecule has 3 heterocycles. The number of likely N-dealkylation sites (tertiary alicyclic amines) is 1. The van der Waals surface area contributed by atoms with Crippen molar-refractivity contribution in [2.75, 3.05) is 13.1 Å². The molecular weight excluding hydrogens is 345 g/mol. The highest BCUT2D eigenvalue weighted by molar-refractivity contribution is 5.31. The number of hydrogen-bond donors (Lipinski definition) is 0. The molecule has 3 aromatic rings. The zero-order valence-electron chi connectivity index (χ0n) is 15.3. The standard InChI is InChI=1S/C20H22FN5O/c1-25-14-22-12-16(25)13-26-10-6-15(7-11-26)19-20(24-9-8-23-19)27-18-5-3-2-4-17(18)21/h2-5,8-9,12,14-15H,6-7,10-11,13H2,1H3. The van der Waals surface area contributed by atoms with Crippen LogP contribution >= 0.6 is 0 Å². The molecule has 1 aromatic carbocycles. The fourth-order valence-electron chi connectivity index (χ4n) is 3.46. The van der Waals surface area contributed by atoms with Gasteiger partial charge < -0.3 is 9.30 Å². The molecule has 7 heteroatoms. The summed E-state index contributed by atoms with van der Waals surface area (Å²) in [6, 6.07) is 6.36. The number of benzene rings is 1. The quantitative estimate of drug-likeness (QED) is 0.691. The summed E-state index contributed by atoms with van der Waals surface area (Å²) in [6.07, 6.45) is 8.92. The number of nitrogens with zero attached hydrogens (tertiary/aromatic N) is 5. The highest BCUT2D eigenvalue weighted by Gasteiger charge is 2.26. The topological polar surface area (TPSA) is 56.1 Å². The maximum Gasteiger partial charge on any atom is 0.241 e. The van der Waals surface area contributed by atoms with Gasteiger partial charge in [0.2, 0.25) is 5.88 Å². The van der Waals surface area contributed by atoms with Crippen LogP contribution in [0, 0.1) is 5.82 Å². The van der Waals surface area contributed by atoms with Crippen LogP contribution < -0.4 is 4.74 Å². The molecule has 0 spiro atoms. The molecule has 140 valence electrons. The van der Waals surface area contributed by atoms with Gasteiger partial charge in [-0.25, -0.2) is 14.4 Å². The number of rotatable bonds is 5. The summed E-state index contributed by atoms with van der Waals surface area (Å²) in [5.74, 6) is 0.420. The predicted octanol–water partition coefficient (Wildman–Crippen LogP) is 3.52. The van der Waals surface area contributed by atoms with Crippen LogP contribution in [0.1, 0.15) is 30.1 Å². The van der Waals surface area contributed by atoms with E-state index in [0.717, 1.165) is 38.2 Å². The summed E-state index contributed by atoms with van der Waals surface area (Å²) in [5, 5.41) is 0. The Labute approximate surface area is 157 Å². The van der Waals surface area contributed by atoms with Crippen molar-refractivity contribution < 1.29 is 9.13 Å². The van der Waals surface area contributed by atoms with E-state index in [0.29, 0.717) is 5.88 Å². The van der Waals surface area contributed by atoms with E-state index in [1.165, 1.54) is 11.8 Å². The van der Waals surface area contributed by atoms with Crippen LogP contribution in [0.15, 0.2) is 49.2 Å². The maximum atomic E-state index is 13.9. The van der Waals surface area contributed by atoms with E-state index in [4.69, 9.17) is 4.74 Å². The fraction of sp³-hybridized carbons (Fsp3) is 0.350. The van der Waals surface area contributed by atoms with E-state index in [1.807, 2.05) is 19.6 Å². The number of piperidine rings is 1. The smallest absolute Gasteiger partial charge is 0.241 e. The molecule has 0 atom stereocenters. The van der Waals surface area contributed by atoms with Crippen molar-refractivity contribution in [2.24, 2.45) is 7.05 Å². The van der Waals surface area contributed by atoms with Crippen LogP contribution in [0.5, 0.6) is 11.6 Å². The summed E-state index contributed by atoms with van der Waals surface area (Å²) < 4.78 is 21.7. The van der Waals surface area contributed by atoms with Crippen molar-refractivity contribution >= 4 is 0 Å². The Morgan fingerprint density at radius 3 is 2.67 bits per heavy atom. The second-order valence-electron chi connectivity index (χ2n) is 6.83. The van der Waals surface area contributed by atoms with Crippen molar-refractivity contribution in [3.63, 3.8) is 0 Å². The monoisotopic (exact) mass is 367 g/mol. The molecule has 0 aliphatic carbocycles. The number of aryl methyl sites for hydroxylation is 1. The SMILES string of the molecule is Cn1cncc1CN1CCC(c2nccnc2Oc2ccccc2F)CC1. The molecule has 1 aliphatic heterocycles. The summed E-state index contributed by atoms with van der Waals surface area (Å²) in [6.45, 7) is 2.82. The molecule has 0 N–H and O–H groups in total. The molecule has 27 heavy (non-hydrogen) atoms. The van der Waals surface area contributed by atoms with Gasteiger partial charge in [-0.15, -0.1) is 0 Å². The molecule has 0 radical (unpaired) electrons. The highest BCUT2D eigenvalue weighted by atomic mass is 19.1. The minimum Gasteiger partial charge on any atom is -0.434 e. The minimum absolute atomic E-state index is 0.174. The van der Waals surface area contributed by atoms with Gasteiger partial charge in [-0.2, -0.15) is 0 Å². The number of ether oxygens (including phenoxy) is 1. The average molecular weight is 367 g/mol. The molecule has 1 aliphatic rings. The Balaban J connectivity index is 1.44. The average Bonchev–Trinajstić information content (AvgIpc) is 3.09. The third kappa shape index (κ3) is 3.98. The summed E-state index contributed by atoms with van der Waals surface area (Å²) in [5.41, 5.74) is 2.01. The lowest BCUT2D eigenvalue weighted by molar-refractivity contribution is 0.198. The first-order chi connectivity index (χ1) is 13.2. The lowest BCUT2D eigenvalue weighted by Gasteiger charge is -2.31. The van der Waals surface area contributed by atoms with E-state index in [9.17, 15) is 4.39 Å². The Kier molecular flexibility index (Phi) is 5.11. The van der Waals surface area contributed by atoms with Crippen LogP contribution in [0.3, 0.4) is 0 Å². The number of para-hydroxylation sites is 1. The number of hydrogen-bond acceptors (Lipinski definition) is 5. The zero-order valence-corrected chi connectivity index (χ0v) is 15.3. The van der Waals surface area contributed by atoms with Crippen molar-refractivity contribution in [1.29, 1.82) is 0 Å². The van der Waals surface area contributed by atoms with E-state index in [-0.39, 0.29) is 11.7 Å². The summed E-state index contributed by atoms with van der Waals surface area (Å²) in [7, 11) is 2.01. The lowest BCUT2D eigenvalue weighted by Crippen LogP contribution is -2.33. The van der Waals surface area contributed by atoms with Gasteiger partial charge in [0.15, 0.2) is 11.6 Å². The molecule has 2 aromatic heterocycles. The molecule has 1 fully saturated rings. The van der Waals surface area contributed by atoms with Gasteiger partial charge in [0.05, 0.1) is 12.0 Å². The van der Waals surface area contributed by atoms with E-state index in [2.05, 4.69) is 24.4 Å². The summed E-state index contributed by atoms with van der Waals surface area (Å²) in [4.78, 5) is 15.4. The van der Waals surface area contributed by atoms with E-state index >= 15 is 0 Å². The molecule has 0 amide bonds. The number of imidazole rings is 1. The first kappa shape index (κ1) is 17.6. The van der Waals surface area contributed by atoms with Gasteiger partial charge in [0.25, 0.3) is 0 Å². The maximum absolute atomic E-state index is 13.9. The molecular formula is C20H22FN5O. The van der Waals surface area contributed by atoms with Crippen LogP contribution in [-0.4, -0.2) is 37.5 Å². The largest absolute Gasteiger partial charge is 0.434 e. The second-order valence-corrected chi connectivity index (χ2v) is 6.83. The molecule has 4 rings (SSSR count). The molecule has 1 saturated heterocycles. The number of halogens is 1. The fourth-order valence-corrected chi connectivity index (χ4v) is 3.46. The first-order valence-corrected chi connectivity index (χ1v) is 9.11. The van der Waals surface area contributed by atoms with Crippen molar-refractivity contribution in [3.05, 3.63) is 66.4 Å².